The molecule has 3 amide bonds. The highest BCUT2D eigenvalue weighted by atomic mass is 19.4. The van der Waals surface area contributed by atoms with Gasteiger partial charge in [-0.2, -0.15) is 13.2 Å². The first-order valence-electron chi connectivity index (χ1n) is 10.4. The fraction of sp³-hybridized carbons (Fsp3) is 0.391. The molecule has 0 saturated heterocycles. The molecule has 0 atom stereocenters. The van der Waals surface area contributed by atoms with Crippen LogP contribution in [0.5, 0.6) is 0 Å². The van der Waals surface area contributed by atoms with Crippen molar-refractivity contribution in [2.24, 2.45) is 0 Å². The third-order valence-electron chi connectivity index (χ3n) is 5.78. The van der Waals surface area contributed by atoms with Crippen LogP contribution in [-0.2, 0) is 30.5 Å². The lowest BCUT2D eigenvalue weighted by atomic mass is 10.0. The van der Waals surface area contributed by atoms with E-state index in [0.717, 1.165) is 30.9 Å². The molecule has 1 N–H and O–H groups in total. The van der Waals surface area contributed by atoms with Gasteiger partial charge < -0.3 is 15.1 Å². The van der Waals surface area contributed by atoms with E-state index in [4.69, 9.17) is 0 Å². The number of amides is 3. The number of carbonyl (C=O) groups excluding carboxylic acids is 2. The first-order chi connectivity index (χ1) is 14.8. The molecule has 8 heteroatoms. The van der Waals surface area contributed by atoms with Gasteiger partial charge >= 0.3 is 12.2 Å². The molecule has 5 nitrogen and oxygen atoms in total. The minimum atomic E-state index is -4.48. The summed E-state index contributed by atoms with van der Waals surface area (Å²) >= 11 is 0. The predicted molar refractivity (Wildman–Crippen MR) is 109 cm³/mol. The van der Waals surface area contributed by atoms with Gasteiger partial charge in [-0.3, -0.25) is 4.79 Å². The van der Waals surface area contributed by atoms with E-state index in [9.17, 15) is 22.8 Å². The molecule has 2 aromatic rings. The van der Waals surface area contributed by atoms with Gasteiger partial charge in [0.05, 0.1) is 12.1 Å². The van der Waals surface area contributed by atoms with Crippen molar-refractivity contribution in [2.75, 3.05) is 13.1 Å². The Bertz CT molecular complexity index is 973. The average molecular weight is 431 g/mol. The molecule has 31 heavy (non-hydrogen) atoms. The van der Waals surface area contributed by atoms with E-state index in [-0.39, 0.29) is 36.6 Å². The summed E-state index contributed by atoms with van der Waals surface area (Å²) < 4.78 is 39.9. The van der Waals surface area contributed by atoms with Gasteiger partial charge in [-0.05, 0) is 42.0 Å². The van der Waals surface area contributed by atoms with Crippen LogP contribution in [0.15, 0.2) is 48.5 Å². The van der Waals surface area contributed by atoms with E-state index in [1.165, 1.54) is 28.7 Å². The monoisotopic (exact) mass is 431 g/mol. The van der Waals surface area contributed by atoms with Crippen LogP contribution in [0.4, 0.5) is 18.0 Å². The van der Waals surface area contributed by atoms with Gasteiger partial charge in [-0.25, -0.2) is 4.79 Å². The zero-order chi connectivity index (χ0) is 22.0. The van der Waals surface area contributed by atoms with E-state index in [1.807, 2.05) is 24.3 Å². The number of hydrogen-bond donors (Lipinski definition) is 1. The molecule has 2 aromatic carbocycles. The number of carbonyl (C=O) groups is 2. The van der Waals surface area contributed by atoms with Gasteiger partial charge in [0.15, 0.2) is 0 Å². The molecule has 1 heterocycles. The van der Waals surface area contributed by atoms with E-state index in [0.29, 0.717) is 13.1 Å². The highest BCUT2D eigenvalue weighted by molar-refractivity contribution is 5.84. The van der Waals surface area contributed by atoms with Crippen molar-refractivity contribution < 1.29 is 22.8 Å². The lowest BCUT2D eigenvalue weighted by molar-refractivity contribution is -0.139. The third kappa shape index (κ3) is 5.00. The van der Waals surface area contributed by atoms with E-state index in [1.54, 1.807) is 4.90 Å². The van der Waals surface area contributed by atoms with Gasteiger partial charge in [0.1, 0.15) is 0 Å². The molecule has 2 aliphatic rings. The minimum Gasteiger partial charge on any atom is -0.334 e. The lowest BCUT2D eigenvalue weighted by Crippen LogP contribution is -2.47. The van der Waals surface area contributed by atoms with Crippen molar-refractivity contribution in [3.63, 3.8) is 0 Å². The number of benzene rings is 2. The second kappa shape index (κ2) is 8.61. The Morgan fingerprint density at radius 3 is 2.42 bits per heavy atom. The smallest absolute Gasteiger partial charge is 0.334 e. The van der Waals surface area contributed by atoms with Crippen molar-refractivity contribution in [3.8, 4) is 0 Å². The van der Waals surface area contributed by atoms with Crippen LogP contribution in [0.25, 0.3) is 0 Å². The Labute approximate surface area is 178 Å². The normalized spacial score (nSPS) is 15.9. The van der Waals surface area contributed by atoms with Gasteiger partial charge in [0.2, 0.25) is 5.91 Å². The highest BCUT2D eigenvalue weighted by Crippen LogP contribution is 2.34. The van der Waals surface area contributed by atoms with Crippen LogP contribution in [0.2, 0.25) is 0 Å². The van der Waals surface area contributed by atoms with Gasteiger partial charge in [-0.15, -0.1) is 0 Å². The minimum absolute atomic E-state index is 0.0641. The number of nitrogens with zero attached hydrogens (tertiary/aromatic N) is 2. The van der Waals surface area contributed by atoms with Crippen LogP contribution in [0, 0.1) is 0 Å². The number of urea groups is 1. The largest absolute Gasteiger partial charge is 0.416 e. The van der Waals surface area contributed by atoms with Gasteiger partial charge in [-0.1, -0.05) is 42.5 Å². The summed E-state index contributed by atoms with van der Waals surface area (Å²) in [7, 11) is 0. The molecule has 1 aliphatic heterocycles. The molecule has 1 fully saturated rings. The molecule has 0 bridgehead atoms. The maximum atomic E-state index is 13.3. The molecular formula is C23H24F3N3O2. The van der Waals surface area contributed by atoms with Crippen LogP contribution in [0.1, 0.15) is 35.1 Å². The number of rotatable bonds is 5. The summed E-state index contributed by atoms with van der Waals surface area (Å²) in [4.78, 5) is 28.5. The molecular weight excluding hydrogens is 407 g/mol. The predicted octanol–water partition coefficient (Wildman–Crippen LogP) is 3.96. The number of fused-ring (bicyclic) bond motifs is 1. The zero-order valence-corrected chi connectivity index (χ0v) is 17.0. The second-order valence-corrected chi connectivity index (χ2v) is 8.01. The SMILES string of the molecule is O=C(NCC(=O)N(Cc1ccccc1C(F)(F)F)C1CC1)N1CCc2ccccc2C1. The topological polar surface area (TPSA) is 52.7 Å². The third-order valence-corrected chi connectivity index (χ3v) is 5.78. The zero-order valence-electron chi connectivity index (χ0n) is 17.0. The summed E-state index contributed by atoms with van der Waals surface area (Å²) in [6, 6.07) is 12.8. The Morgan fingerprint density at radius 2 is 1.71 bits per heavy atom. The van der Waals surface area contributed by atoms with Gasteiger partial charge in [0.25, 0.3) is 0 Å². The maximum absolute atomic E-state index is 13.3. The second-order valence-electron chi connectivity index (χ2n) is 8.01. The molecule has 0 radical (unpaired) electrons. The molecule has 1 aliphatic carbocycles. The summed E-state index contributed by atoms with van der Waals surface area (Å²) in [5.74, 6) is -0.370. The summed E-state index contributed by atoms with van der Waals surface area (Å²) in [6.07, 6.45) is -2.21. The molecule has 1 saturated carbocycles. The summed E-state index contributed by atoms with van der Waals surface area (Å²) in [5, 5.41) is 2.65. The van der Waals surface area contributed by atoms with Crippen molar-refractivity contribution in [3.05, 3.63) is 70.8 Å². The Balaban J connectivity index is 1.38. The molecule has 0 spiro atoms. The average Bonchev–Trinajstić information content (AvgIpc) is 3.60. The van der Waals surface area contributed by atoms with Crippen molar-refractivity contribution in [1.29, 1.82) is 0 Å². The number of nitrogens with one attached hydrogen (secondary N) is 1. The fourth-order valence-corrected chi connectivity index (χ4v) is 3.96. The fourth-order valence-electron chi connectivity index (χ4n) is 3.96. The lowest BCUT2D eigenvalue weighted by Gasteiger charge is -2.29. The number of halogens is 3. The Kier molecular flexibility index (Phi) is 5.89. The first kappa shape index (κ1) is 21.2. The van der Waals surface area contributed by atoms with Gasteiger partial charge in [0, 0.05) is 25.7 Å². The summed E-state index contributed by atoms with van der Waals surface area (Å²) in [6.45, 7) is 0.678. The van der Waals surface area contributed by atoms with Crippen LogP contribution in [-0.4, -0.2) is 40.9 Å². The number of alkyl halides is 3. The van der Waals surface area contributed by atoms with E-state index >= 15 is 0 Å². The van der Waals surface area contributed by atoms with Crippen molar-refractivity contribution in [2.45, 2.75) is 44.6 Å². The molecule has 164 valence electrons. The molecule has 0 aromatic heterocycles. The van der Waals surface area contributed by atoms with Crippen molar-refractivity contribution >= 4 is 11.9 Å². The maximum Gasteiger partial charge on any atom is 0.416 e. The van der Waals surface area contributed by atoms with Crippen molar-refractivity contribution in [1.82, 2.24) is 15.1 Å². The Hall–Kier alpha value is -3.03. The summed E-state index contributed by atoms with van der Waals surface area (Å²) in [5.41, 5.74) is 1.63. The highest BCUT2D eigenvalue weighted by Gasteiger charge is 2.37. The molecule has 0 unspecified atom stereocenters. The van der Waals surface area contributed by atoms with E-state index in [2.05, 4.69) is 5.32 Å². The first-order valence-corrected chi connectivity index (χ1v) is 10.4. The standard InChI is InChI=1S/C23H24F3N3O2/c24-23(25,26)20-8-4-3-7-18(20)15-29(19-9-10-19)21(30)13-27-22(31)28-12-11-16-5-1-2-6-17(16)14-28/h1-8,19H,9-15H2,(H,27,31). The Morgan fingerprint density at radius 1 is 1.03 bits per heavy atom. The molecule has 4 rings (SSSR count). The van der Waals surface area contributed by atoms with Crippen LogP contribution < -0.4 is 5.32 Å². The van der Waals surface area contributed by atoms with Crippen LogP contribution in [0.3, 0.4) is 0 Å². The number of hydrogen-bond acceptors (Lipinski definition) is 2. The van der Waals surface area contributed by atoms with E-state index < -0.39 is 11.7 Å². The van der Waals surface area contributed by atoms with Crippen LogP contribution >= 0.6 is 0 Å². The quantitative estimate of drug-likeness (QED) is 0.779.